The maximum atomic E-state index is 6.30. The van der Waals surface area contributed by atoms with E-state index < -0.39 is 5.73 Å². The Balaban J connectivity index is 2.36. The summed E-state index contributed by atoms with van der Waals surface area (Å²) in [5.74, 6) is 0. The van der Waals surface area contributed by atoms with Crippen molar-refractivity contribution >= 4 is 71.6 Å². The van der Waals surface area contributed by atoms with Gasteiger partial charge in [0.2, 0.25) is 5.73 Å². The Bertz CT molecular complexity index is 83.1. The first-order valence-corrected chi connectivity index (χ1v) is 26.3. The van der Waals surface area contributed by atoms with Crippen LogP contribution in [0.25, 0.3) is 0 Å². The van der Waals surface area contributed by atoms with Crippen LogP contribution in [0.15, 0.2) is 0 Å². The van der Waals surface area contributed by atoms with Crippen LogP contribution in [0.4, 0.5) is 0 Å². The molecule has 1 aliphatic rings. The van der Waals surface area contributed by atoms with Gasteiger partial charge in [0.25, 0.3) is 0 Å². The molecular formula is CH12Cl2Si6. The van der Waals surface area contributed by atoms with E-state index in [4.69, 9.17) is 22.2 Å². The molecule has 0 aromatic heterocycles. The molecule has 0 bridgehead atoms. The molecule has 1 heterocycles. The minimum Gasteiger partial charge on any atom is -0.156 e. The second-order valence-electron chi connectivity index (χ2n) is 2.77. The zero-order valence-corrected chi connectivity index (χ0v) is 15.1. The van der Waals surface area contributed by atoms with Crippen molar-refractivity contribution in [3.05, 3.63) is 0 Å². The first-order valence-electron chi connectivity index (χ1n) is 3.59. The molecule has 54 valence electrons. The highest BCUT2D eigenvalue weighted by Crippen LogP contribution is 2.11. The molecule has 0 nitrogen and oxygen atoms in total. The average Bonchev–Trinajstić information content (AvgIpc) is 1.92. The molecule has 0 aliphatic carbocycles. The molecule has 0 N–H and O–H groups in total. The minimum absolute atomic E-state index is 0.242. The summed E-state index contributed by atoms with van der Waals surface area (Å²) >= 11 is 12.6. The Kier molecular flexibility index (Phi) is 4.03. The molecule has 0 radical (unpaired) electrons. The predicted molar refractivity (Wildman–Crippen MR) is 65.0 cm³/mol. The van der Waals surface area contributed by atoms with E-state index in [-0.39, 0.29) is 17.1 Å². The fourth-order valence-corrected chi connectivity index (χ4v) is 163. The van der Waals surface area contributed by atoms with Gasteiger partial charge in [-0.15, -0.1) is 0 Å². The summed E-state index contributed by atoms with van der Waals surface area (Å²) in [7, 11) is 2.03. The minimum atomic E-state index is -1.26. The quantitative estimate of drug-likeness (QED) is 0.320. The van der Waals surface area contributed by atoms with Crippen molar-refractivity contribution in [2.45, 2.75) is 5.67 Å². The molecule has 1 fully saturated rings. The van der Waals surface area contributed by atoms with Crippen molar-refractivity contribution in [1.82, 2.24) is 0 Å². The van der Waals surface area contributed by atoms with Crippen molar-refractivity contribution < 1.29 is 0 Å². The van der Waals surface area contributed by atoms with E-state index in [0.29, 0.717) is 26.6 Å². The lowest BCUT2D eigenvalue weighted by atomic mass is 11.9. The summed E-state index contributed by atoms with van der Waals surface area (Å²) in [5, 5.41) is 0. The highest BCUT2D eigenvalue weighted by atomic mass is 35.7. The van der Waals surface area contributed by atoms with E-state index in [1.54, 1.807) is 5.67 Å². The predicted octanol–water partition coefficient (Wildman–Crippen LogP) is -3.12. The standard InChI is InChI=1S/CH12Cl2Si6/c2-9(3)7-5-1-4-6-8-9/h1,4-8H2. The normalized spacial score (nSPS) is 40.7. The second-order valence-corrected chi connectivity index (χ2v) is 55.7. The summed E-state index contributed by atoms with van der Waals surface area (Å²) in [6, 6.07) is 0. The Morgan fingerprint density at radius 2 is 1.89 bits per heavy atom. The fourth-order valence-electron chi connectivity index (χ4n) is 1.25. The van der Waals surface area contributed by atoms with Crippen molar-refractivity contribution in [2.24, 2.45) is 0 Å². The maximum absolute atomic E-state index is 6.30. The Morgan fingerprint density at radius 3 is 2.67 bits per heavy atom. The van der Waals surface area contributed by atoms with Gasteiger partial charge >= 0.3 is 0 Å². The first kappa shape index (κ1) is 8.97. The summed E-state index contributed by atoms with van der Waals surface area (Å²) in [4.78, 5) is 0. The molecule has 0 atom stereocenters. The van der Waals surface area contributed by atoms with Gasteiger partial charge in [-0.05, 0) is 8.55 Å². The van der Waals surface area contributed by atoms with Crippen LogP contribution in [-0.2, 0) is 0 Å². The lowest BCUT2D eigenvalue weighted by Gasteiger charge is -2.10. The van der Waals surface area contributed by atoms with Crippen molar-refractivity contribution in [1.29, 1.82) is 0 Å². The van der Waals surface area contributed by atoms with Crippen LogP contribution in [-0.4, -0.2) is 49.5 Å². The Morgan fingerprint density at radius 1 is 1.11 bits per heavy atom. The third-order valence-electron chi connectivity index (χ3n) is 1.84. The summed E-state index contributed by atoms with van der Waals surface area (Å²) in [6.07, 6.45) is 0. The third kappa shape index (κ3) is 3.70. The fraction of sp³-hybridized carbons (Fsp3) is 1.00. The summed E-state index contributed by atoms with van der Waals surface area (Å²) in [5.41, 5.74) is 0.517. The molecule has 0 spiro atoms. The number of rotatable bonds is 0. The van der Waals surface area contributed by atoms with Crippen LogP contribution in [0.2, 0.25) is 5.67 Å². The van der Waals surface area contributed by atoms with Crippen LogP contribution in [0.5, 0.6) is 0 Å². The number of halogens is 2. The second kappa shape index (κ2) is 4.04. The first-order chi connectivity index (χ1) is 4.21. The van der Waals surface area contributed by atoms with E-state index in [2.05, 4.69) is 0 Å². The molecule has 0 saturated carbocycles. The summed E-state index contributed by atoms with van der Waals surface area (Å²) < 4.78 is 0. The van der Waals surface area contributed by atoms with Gasteiger partial charge in [-0.25, -0.2) is 0 Å². The Hall–Kier alpha value is 1.88. The van der Waals surface area contributed by atoms with Crippen molar-refractivity contribution in [2.75, 3.05) is 0 Å². The van der Waals surface area contributed by atoms with E-state index in [1.807, 2.05) is 0 Å². The van der Waals surface area contributed by atoms with E-state index in [1.165, 1.54) is 0 Å². The van der Waals surface area contributed by atoms with E-state index in [0.717, 1.165) is 0 Å². The molecule has 9 heavy (non-hydrogen) atoms. The SMILES string of the molecule is Cl[Si]1(Cl)[SiH2][SiH2]C[SiH2][SiH2][SiH2]1. The highest BCUT2D eigenvalue weighted by molar-refractivity contribution is 7.95. The molecule has 0 amide bonds. The monoisotopic (exact) mass is 262 g/mol. The Labute approximate surface area is 76.9 Å². The zero-order chi connectivity index (χ0) is 6.74. The lowest BCUT2D eigenvalue weighted by Crippen LogP contribution is -2.41. The average molecular weight is 264 g/mol. The molecule has 0 aromatic rings. The zero-order valence-electron chi connectivity index (χ0n) is 5.50. The molecule has 1 aliphatic heterocycles. The van der Waals surface area contributed by atoms with Gasteiger partial charge in [-0.2, -0.15) is 22.2 Å². The van der Waals surface area contributed by atoms with Crippen LogP contribution in [0.3, 0.4) is 0 Å². The molecular weight excluding hydrogens is 251 g/mol. The van der Waals surface area contributed by atoms with Gasteiger partial charge in [0.1, 0.15) is 0 Å². The number of hydrogen-bond acceptors (Lipinski definition) is 0. The van der Waals surface area contributed by atoms with Crippen LogP contribution < -0.4 is 0 Å². The van der Waals surface area contributed by atoms with Crippen molar-refractivity contribution in [3.8, 4) is 0 Å². The largest absolute Gasteiger partial charge is 0.207 e. The maximum Gasteiger partial charge on any atom is 0.207 e. The third-order valence-corrected chi connectivity index (χ3v) is 98.6. The lowest BCUT2D eigenvalue weighted by molar-refractivity contribution is 2.10. The van der Waals surface area contributed by atoms with Crippen LogP contribution in [0.1, 0.15) is 0 Å². The summed E-state index contributed by atoms with van der Waals surface area (Å²) in [6.45, 7) is 0. The molecule has 0 aromatic carbocycles. The smallest absolute Gasteiger partial charge is 0.156 e. The molecule has 1 saturated heterocycles. The topological polar surface area (TPSA) is 0 Å². The van der Waals surface area contributed by atoms with E-state index >= 15 is 0 Å². The van der Waals surface area contributed by atoms with Gasteiger partial charge in [0, 0.05) is 35.2 Å². The van der Waals surface area contributed by atoms with Crippen molar-refractivity contribution in [3.63, 3.8) is 0 Å². The van der Waals surface area contributed by atoms with Gasteiger partial charge in [0.15, 0.2) is 0 Å². The van der Waals surface area contributed by atoms with Gasteiger partial charge in [-0.3, -0.25) is 0 Å². The van der Waals surface area contributed by atoms with Gasteiger partial charge in [-0.1, -0.05) is 5.67 Å². The highest BCUT2D eigenvalue weighted by Gasteiger charge is 2.29. The molecule has 1 rings (SSSR count). The molecule has 0 unspecified atom stereocenters. The van der Waals surface area contributed by atoms with Crippen LogP contribution >= 0.6 is 22.2 Å². The van der Waals surface area contributed by atoms with Crippen LogP contribution in [0, 0.1) is 0 Å². The number of hydrogen-bond donors (Lipinski definition) is 0. The van der Waals surface area contributed by atoms with Gasteiger partial charge < -0.3 is 0 Å². The van der Waals surface area contributed by atoms with E-state index in [9.17, 15) is 0 Å². The molecule has 8 heteroatoms. The van der Waals surface area contributed by atoms with Gasteiger partial charge in [0.05, 0.1) is 0 Å².